The highest BCUT2D eigenvalue weighted by atomic mass is 32.2. The molecule has 0 aromatic carbocycles. The minimum atomic E-state index is 1.36. The summed E-state index contributed by atoms with van der Waals surface area (Å²) in [5.41, 5.74) is 0. The van der Waals surface area contributed by atoms with E-state index in [1.54, 1.807) is 0 Å². The first-order chi connectivity index (χ1) is 7.41. The zero-order chi connectivity index (χ0) is 11.2. The maximum Gasteiger partial charge on any atom is -0.00675 e. The van der Waals surface area contributed by atoms with E-state index in [1.165, 1.54) is 75.7 Å². The highest BCUT2D eigenvalue weighted by Gasteiger charge is 1.92. The van der Waals surface area contributed by atoms with Crippen molar-refractivity contribution in [1.82, 2.24) is 0 Å². The predicted octanol–water partition coefficient (Wildman–Crippen LogP) is 5.66. The fourth-order valence-corrected chi connectivity index (χ4v) is 2.74. The topological polar surface area (TPSA) is 0 Å². The van der Waals surface area contributed by atoms with Gasteiger partial charge in [-0.25, -0.2) is 0 Å². The molecular formula is C14H30S. The van der Waals surface area contributed by atoms with Gasteiger partial charge in [-0.2, -0.15) is 11.8 Å². The van der Waals surface area contributed by atoms with Gasteiger partial charge in [0.15, 0.2) is 0 Å². The van der Waals surface area contributed by atoms with E-state index in [4.69, 9.17) is 0 Å². The minimum Gasteiger partial charge on any atom is -0.162 e. The van der Waals surface area contributed by atoms with E-state index in [2.05, 4.69) is 25.6 Å². The quantitative estimate of drug-likeness (QED) is 0.390. The van der Waals surface area contributed by atoms with E-state index < -0.39 is 0 Å². The second kappa shape index (κ2) is 14.3. The Kier molecular flexibility index (Phi) is 14.7. The van der Waals surface area contributed by atoms with Gasteiger partial charge in [-0.3, -0.25) is 0 Å². The Hall–Kier alpha value is 0.350. The van der Waals surface area contributed by atoms with Crippen molar-refractivity contribution in [1.29, 1.82) is 0 Å². The Morgan fingerprint density at radius 3 is 1.53 bits per heavy atom. The largest absolute Gasteiger partial charge is 0.162 e. The molecule has 0 aromatic rings. The lowest BCUT2D eigenvalue weighted by atomic mass is 10.1. The zero-order valence-electron chi connectivity index (χ0n) is 10.9. The third kappa shape index (κ3) is 14.4. The molecule has 0 unspecified atom stereocenters. The summed E-state index contributed by atoms with van der Waals surface area (Å²) in [6.45, 7) is 4.56. The molecule has 0 radical (unpaired) electrons. The van der Waals surface area contributed by atoms with Gasteiger partial charge in [0.25, 0.3) is 0 Å². The monoisotopic (exact) mass is 230 g/mol. The molecule has 92 valence electrons. The smallest absolute Gasteiger partial charge is 0.00675 e. The van der Waals surface area contributed by atoms with Crippen LogP contribution in [0.3, 0.4) is 0 Å². The Morgan fingerprint density at radius 1 is 0.533 bits per heavy atom. The maximum atomic E-state index is 2.28. The van der Waals surface area contributed by atoms with Gasteiger partial charge in [0.1, 0.15) is 0 Å². The highest BCUT2D eigenvalue weighted by Crippen LogP contribution is 2.12. The normalized spacial score (nSPS) is 10.8. The van der Waals surface area contributed by atoms with Gasteiger partial charge in [-0.1, -0.05) is 65.2 Å². The van der Waals surface area contributed by atoms with Crippen LogP contribution in [-0.2, 0) is 0 Å². The van der Waals surface area contributed by atoms with E-state index in [0.717, 1.165) is 0 Å². The summed E-state index contributed by atoms with van der Waals surface area (Å²) < 4.78 is 0. The number of thioether (sulfide) groups is 1. The number of unbranched alkanes of at least 4 members (excludes halogenated alkanes) is 8. The van der Waals surface area contributed by atoms with Gasteiger partial charge in [-0.05, 0) is 24.3 Å². The van der Waals surface area contributed by atoms with Crippen molar-refractivity contribution in [2.45, 2.75) is 78.1 Å². The Bertz CT molecular complexity index is 89.5. The lowest BCUT2D eigenvalue weighted by Crippen LogP contribution is -1.85. The Balaban J connectivity index is 2.81. The van der Waals surface area contributed by atoms with Crippen LogP contribution in [-0.4, -0.2) is 11.5 Å². The van der Waals surface area contributed by atoms with Crippen molar-refractivity contribution >= 4 is 11.8 Å². The molecule has 0 saturated heterocycles. The highest BCUT2D eigenvalue weighted by molar-refractivity contribution is 7.99. The van der Waals surface area contributed by atoms with Crippen LogP contribution in [0.25, 0.3) is 0 Å². The van der Waals surface area contributed by atoms with Crippen LogP contribution < -0.4 is 0 Å². The van der Waals surface area contributed by atoms with Crippen LogP contribution in [0.1, 0.15) is 78.1 Å². The summed E-state index contributed by atoms with van der Waals surface area (Å²) in [4.78, 5) is 0. The van der Waals surface area contributed by atoms with E-state index in [0.29, 0.717) is 0 Å². The number of hydrogen-bond acceptors (Lipinski definition) is 1. The van der Waals surface area contributed by atoms with Crippen molar-refractivity contribution in [2.75, 3.05) is 11.5 Å². The number of hydrogen-bond donors (Lipinski definition) is 0. The van der Waals surface area contributed by atoms with Crippen LogP contribution in [0.5, 0.6) is 0 Å². The molecule has 0 aliphatic carbocycles. The van der Waals surface area contributed by atoms with Gasteiger partial charge in [0, 0.05) is 0 Å². The van der Waals surface area contributed by atoms with Gasteiger partial charge in [0.05, 0.1) is 0 Å². The van der Waals surface area contributed by atoms with Crippen molar-refractivity contribution in [3.05, 3.63) is 0 Å². The van der Waals surface area contributed by atoms with Gasteiger partial charge in [-0.15, -0.1) is 0 Å². The van der Waals surface area contributed by atoms with Crippen LogP contribution >= 0.6 is 11.8 Å². The summed E-state index contributed by atoms with van der Waals surface area (Å²) in [5, 5.41) is 0. The molecule has 0 nitrogen and oxygen atoms in total. The molecule has 0 aromatic heterocycles. The summed E-state index contributed by atoms with van der Waals surface area (Å²) >= 11 is 2.16. The minimum absolute atomic E-state index is 1.36. The number of rotatable bonds is 12. The molecule has 0 fully saturated rings. The van der Waals surface area contributed by atoms with Crippen molar-refractivity contribution in [3.8, 4) is 0 Å². The van der Waals surface area contributed by atoms with Crippen LogP contribution in [0.4, 0.5) is 0 Å². The predicted molar refractivity (Wildman–Crippen MR) is 74.8 cm³/mol. The summed E-state index contributed by atoms with van der Waals surface area (Å²) in [5.74, 6) is 2.79. The van der Waals surface area contributed by atoms with Crippen LogP contribution in [0.2, 0.25) is 0 Å². The van der Waals surface area contributed by atoms with E-state index >= 15 is 0 Å². The maximum absolute atomic E-state index is 2.28. The van der Waals surface area contributed by atoms with E-state index in [1.807, 2.05) is 0 Å². The molecule has 0 bridgehead atoms. The van der Waals surface area contributed by atoms with Gasteiger partial charge in [0.2, 0.25) is 0 Å². The second-order valence-corrected chi connectivity index (χ2v) is 5.67. The third-order valence-corrected chi connectivity index (χ3v) is 3.94. The third-order valence-electron chi connectivity index (χ3n) is 2.78. The standard InChI is InChI=1S/C14H30S/c1-3-5-7-8-9-10-12-14-15-13-11-6-4-2/h3-14H2,1-2H3. The summed E-state index contributed by atoms with van der Waals surface area (Å²) in [6, 6.07) is 0. The average Bonchev–Trinajstić information content (AvgIpc) is 2.26. The fraction of sp³-hybridized carbons (Fsp3) is 1.00. The van der Waals surface area contributed by atoms with Crippen molar-refractivity contribution < 1.29 is 0 Å². The first-order valence-electron chi connectivity index (χ1n) is 6.99. The van der Waals surface area contributed by atoms with Gasteiger partial charge < -0.3 is 0 Å². The molecule has 0 saturated carbocycles. The molecule has 0 heterocycles. The Labute approximate surface area is 102 Å². The zero-order valence-corrected chi connectivity index (χ0v) is 11.7. The summed E-state index contributed by atoms with van der Waals surface area (Å²) in [7, 11) is 0. The lowest BCUT2D eigenvalue weighted by Gasteiger charge is -2.02. The van der Waals surface area contributed by atoms with Crippen LogP contribution in [0, 0.1) is 0 Å². The molecule has 0 atom stereocenters. The Morgan fingerprint density at radius 2 is 0.933 bits per heavy atom. The summed E-state index contributed by atoms with van der Waals surface area (Å²) in [6.07, 6.45) is 14.3. The molecule has 0 aliphatic rings. The molecule has 15 heavy (non-hydrogen) atoms. The molecule has 1 heteroatoms. The molecule has 0 spiro atoms. The molecular weight excluding hydrogens is 200 g/mol. The van der Waals surface area contributed by atoms with E-state index in [9.17, 15) is 0 Å². The fourth-order valence-electron chi connectivity index (χ4n) is 1.72. The molecule has 0 aliphatic heterocycles. The van der Waals surface area contributed by atoms with Crippen LogP contribution in [0.15, 0.2) is 0 Å². The van der Waals surface area contributed by atoms with Gasteiger partial charge >= 0.3 is 0 Å². The average molecular weight is 230 g/mol. The molecule has 0 rings (SSSR count). The molecule has 0 amide bonds. The van der Waals surface area contributed by atoms with E-state index in [-0.39, 0.29) is 0 Å². The first kappa shape index (κ1) is 15.3. The van der Waals surface area contributed by atoms with Crippen molar-refractivity contribution in [2.24, 2.45) is 0 Å². The van der Waals surface area contributed by atoms with Crippen molar-refractivity contribution in [3.63, 3.8) is 0 Å². The lowest BCUT2D eigenvalue weighted by molar-refractivity contribution is 0.603. The molecule has 0 N–H and O–H groups in total. The second-order valence-electron chi connectivity index (χ2n) is 4.44. The first-order valence-corrected chi connectivity index (χ1v) is 8.15. The SMILES string of the molecule is CCCCCCCCCSCCCCC.